The number of aliphatic hydroxyl groups is 1. The van der Waals surface area contributed by atoms with Crippen molar-refractivity contribution in [1.82, 2.24) is 5.32 Å². The molecule has 2 aromatic rings. The minimum absolute atomic E-state index is 0.0905. The summed E-state index contributed by atoms with van der Waals surface area (Å²) in [5.41, 5.74) is -3.88. The molecule has 2 aromatic carbocycles. The van der Waals surface area contributed by atoms with Gasteiger partial charge < -0.3 is 15.2 Å². The van der Waals surface area contributed by atoms with Crippen LogP contribution in [0.15, 0.2) is 48.5 Å². The zero-order chi connectivity index (χ0) is 24.1. The van der Waals surface area contributed by atoms with E-state index in [4.69, 9.17) is 4.74 Å². The van der Waals surface area contributed by atoms with Crippen LogP contribution in [0, 0.1) is 5.92 Å². The summed E-state index contributed by atoms with van der Waals surface area (Å²) in [7, 11) is 0. The third kappa shape index (κ3) is 6.46. The van der Waals surface area contributed by atoms with Crippen LogP contribution in [0.2, 0.25) is 0 Å². The first-order valence-electron chi connectivity index (χ1n) is 9.32. The number of benzene rings is 2. The Hall–Kier alpha value is -3.08. The van der Waals surface area contributed by atoms with Crippen LogP contribution in [0.1, 0.15) is 40.1 Å². The lowest BCUT2D eigenvalue weighted by molar-refractivity contribution is -0.151. The fourth-order valence-electron chi connectivity index (χ4n) is 2.85. The minimum atomic E-state index is -5.13. The second-order valence-corrected chi connectivity index (χ2v) is 6.72. The predicted octanol–water partition coefficient (Wildman–Crippen LogP) is 4.37. The summed E-state index contributed by atoms with van der Waals surface area (Å²) in [6.07, 6.45) is -12.4. The molecule has 0 aromatic heterocycles. The number of amides is 1. The van der Waals surface area contributed by atoms with Crippen molar-refractivity contribution in [2.24, 2.45) is 5.92 Å². The molecule has 174 valence electrons. The van der Waals surface area contributed by atoms with Crippen LogP contribution in [0.25, 0.3) is 0 Å². The second-order valence-electron chi connectivity index (χ2n) is 6.72. The topological polar surface area (TPSA) is 75.6 Å². The van der Waals surface area contributed by atoms with Crippen molar-refractivity contribution in [3.63, 3.8) is 0 Å². The van der Waals surface area contributed by atoms with E-state index in [-0.39, 0.29) is 18.2 Å². The number of hydrogen-bond donors (Lipinski definition) is 2. The molecule has 0 heterocycles. The molecular formula is C21H19F6NO4. The molecule has 0 aliphatic rings. The number of nitrogens with one attached hydrogen (secondary N) is 1. The quantitative estimate of drug-likeness (QED) is 0.473. The van der Waals surface area contributed by atoms with Gasteiger partial charge in [0.2, 0.25) is 0 Å². The normalized spacial score (nSPS) is 13.9. The molecule has 0 bridgehead atoms. The number of carbonyl (C=O) groups is 2. The summed E-state index contributed by atoms with van der Waals surface area (Å²) in [4.78, 5) is 24.5. The summed E-state index contributed by atoms with van der Waals surface area (Å²) < 4.78 is 83.5. The number of hydrogen-bond acceptors (Lipinski definition) is 4. The molecule has 0 saturated heterocycles. The third-order valence-corrected chi connectivity index (χ3v) is 4.44. The van der Waals surface area contributed by atoms with Crippen molar-refractivity contribution in [1.29, 1.82) is 0 Å². The molecule has 1 amide bonds. The Morgan fingerprint density at radius 3 is 1.97 bits per heavy atom. The van der Waals surface area contributed by atoms with E-state index < -0.39 is 59.5 Å². The van der Waals surface area contributed by atoms with E-state index in [0.717, 1.165) is 0 Å². The van der Waals surface area contributed by atoms with Gasteiger partial charge in [0.05, 0.1) is 23.8 Å². The molecule has 0 spiro atoms. The first-order chi connectivity index (χ1) is 14.8. The number of halogens is 6. The molecule has 2 N–H and O–H groups in total. The Morgan fingerprint density at radius 2 is 1.50 bits per heavy atom. The Morgan fingerprint density at radius 1 is 0.969 bits per heavy atom. The van der Waals surface area contributed by atoms with Gasteiger partial charge in [0.25, 0.3) is 5.91 Å². The molecule has 0 saturated carbocycles. The average Bonchev–Trinajstić information content (AvgIpc) is 2.72. The summed E-state index contributed by atoms with van der Waals surface area (Å²) in [5.74, 6) is -3.42. The predicted molar refractivity (Wildman–Crippen MR) is 100 cm³/mol. The Labute approximate surface area is 179 Å². The van der Waals surface area contributed by atoms with Gasteiger partial charge in [0, 0.05) is 12.1 Å². The van der Waals surface area contributed by atoms with E-state index in [1.807, 2.05) is 0 Å². The van der Waals surface area contributed by atoms with Gasteiger partial charge in [-0.3, -0.25) is 9.59 Å². The van der Waals surface area contributed by atoms with E-state index >= 15 is 0 Å². The molecule has 2 atom stereocenters. The highest BCUT2D eigenvalue weighted by atomic mass is 19.4. The minimum Gasteiger partial charge on any atom is -0.466 e. The van der Waals surface area contributed by atoms with Gasteiger partial charge in [-0.2, -0.15) is 26.3 Å². The van der Waals surface area contributed by atoms with Gasteiger partial charge in [0.1, 0.15) is 5.92 Å². The van der Waals surface area contributed by atoms with Gasteiger partial charge in [-0.25, -0.2) is 0 Å². The van der Waals surface area contributed by atoms with Crippen molar-refractivity contribution in [3.05, 3.63) is 70.8 Å². The summed E-state index contributed by atoms with van der Waals surface area (Å²) >= 11 is 0. The van der Waals surface area contributed by atoms with Gasteiger partial charge in [-0.05, 0) is 42.8 Å². The molecular weight excluding hydrogens is 444 g/mol. The molecule has 32 heavy (non-hydrogen) atoms. The van der Waals surface area contributed by atoms with Gasteiger partial charge >= 0.3 is 18.3 Å². The maximum Gasteiger partial charge on any atom is 0.416 e. The summed E-state index contributed by atoms with van der Waals surface area (Å²) in [5, 5.41) is 12.9. The highest BCUT2D eigenvalue weighted by molar-refractivity contribution is 5.94. The van der Waals surface area contributed by atoms with Gasteiger partial charge in [0.15, 0.2) is 0 Å². The van der Waals surface area contributed by atoms with Crippen LogP contribution < -0.4 is 5.32 Å². The highest BCUT2D eigenvalue weighted by Gasteiger charge is 2.39. The van der Waals surface area contributed by atoms with Crippen LogP contribution >= 0.6 is 0 Å². The molecule has 0 unspecified atom stereocenters. The highest BCUT2D eigenvalue weighted by Crippen LogP contribution is 2.38. The monoisotopic (exact) mass is 463 g/mol. The zero-order valence-electron chi connectivity index (χ0n) is 16.6. The molecule has 0 fully saturated rings. The van der Waals surface area contributed by atoms with Crippen LogP contribution in [-0.2, 0) is 21.9 Å². The standard InChI is InChI=1S/C21H19F6NO4/c1-2-32-19(31)16(11-28-18(30)12-6-4-3-5-7-12)17(29)13-8-14(20(22,23)24)10-15(9-13)21(25,26)27/h3-10,16-17,29H,2,11H2,1H3,(H,28,30)/t16-,17-/m1/s1. The van der Waals surface area contributed by atoms with E-state index in [1.165, 1.54) is 19.1 Å². The maximum absolute atomic E-state index is 13.1. The van der Waals surface area contributed by atoms with E-state index in [0.29, 0.717) is 12.1 Å². The van der Waals surface area contributed by atoms with Crippen molar-refractivity contribution in [3.8, 4) is 0 Å². The summed E-state index contributed by atoms with van der Waals surface area (Å²) in [6, 6.07) is 8.24. The smallest absolute Gasteiger partial charge is 0.416 e. The summed E-state index contributed by atoms with van der Waals surface area (Å²) in [6.45, 7) is 0.673. The Bertz CT molecular complexity index is 911. The molecule has 0 radical (unpaired) electrons. The first kappa shape index (κ1) is 25.2. The van der Waals surface area contributed by atoms with Crippen LogP contribution in [0.5, 0.6) is 0 Å². The van der Waals surface area contributed by atoms with Crippen molar-refractivity contribution >= 4 is 11.9 Å². The van der Waals surface area contributed by atoms with Crippen molar-refractivity contribution in [2.75, 3.05) is 13.2 Å². The SMILES string of the molecule is CCOC(=O)[C@H](CNC(=O)c1ccccc1)[C@H](O)c1cc(C(F)(F)F)cc(C(F)(F)F)c1. The van der Waals surface area contributed by atoms with Gasteiger partial charge in [-0.1, -0.05) is 18.2 Å². The van der Waals surface area contributed by atoms with E-state index in [1.54, 1.807) is 18.2 Å². The fourth-order valence-corrected chi connectivity index (χ4v) is 2.85. The Balaban J connectivity index is 2.39. The number of esters is 1. The molecule has 5 nitrogen and oxygen atoms in total. The largest absolute Gasteiger partial charge is 0.466 e. The molecule has 0 aliphatic carbocycles. The zero-order valence-corrected chi connectivity index (χ0v) is 16.6. The Kier molecular flexibility index (Phi) is 7.89. The third-order valence-electron chi connectivity index (χ3n) is 4.44. The van der Waals surface area contributed by atoms with Gasteiger partial charge in [-0.15, -0.1) is 0 Å². The van der Waals surface area contributed by atoms with Crippen molar-refractivity contribution in [2.45, 2.75) is 25.4 Å². The lowest BCUT2D eigenvalue weighted by Gasteiger charge is -2.24. The van der Waals surface area contributed by atoms with Crippen LogP contribution in [-0.4, -0.2) is 30.1 Å². The lowest BCUT2D eigenvalue weighted by Crippen LogP contribution is -2.37. The molecule has 0 aliphatic heterocycles. The second kappa shape index (κ2) is 10.0. The average molecular weight is 463 g/mol. The van der Waals surface area contributed by atoms with E-state index in [9.17, 15) is 41.0 Å². The molecule has 11 heteroatoms. The van der Waals surface area contributed by atoms with Crippen molar-refractivity contribution < 1.29 is 45.8 Å². The number of rotatable bonds is 7. The number of alkyl halides is 6. The lowest BCUT2D eigenvalue weighted by atomic mass is 9.92. The first-order valence-corrected chi connectivity index (χ1v) is 9.32. The van der Waals surface area contributed by atoms with Crippen LogP contribution in [0.3, 0.4) is 0 Å². The maximum atomic E-state index is 13.1. The van der Waals surface area contributed by atoms with E-state index in [2.05, 4.69) is 5.32 Å². The van der Waals surface area contributed by atoms with Crippen LogP contribution in [0.4, 0.5) is 26.3 Å². The molecule has 2 rings (SSSR count). The number of aliphatic hydroxyl groups excluding tert-OH is 1. The number of ether oxygens (including phenoxy) is 1. The number of carbonyl (C=O) groups excluding carboxylic acids is 2. The fraction of sp³-hybridized carbons (Fsp3) is 0.333.